The summed E-state index contributed by atoms with van der Waals surface area (Å²) in [6.45, 7) is 3.62. The molecule has 2 rings (SSSR count). The van der Waals surface area contributed by atoms with Crippen molar-refractivity contribution in [3.05, 3.63) is 41.0 Å². The number of hydrogen-bond donors (Lipinski definition) is 1. The number of rotatable bonds is 5. The molecule has 0 aliphatic heterocycles. The van der Waals surface area contributed by atoms with Gasteiger partial charge >= 0.3 is 0 Å². The summed E-state index contributed by atoms with van der Waals surface area (Å²) in [6.07, 6.45) is 0.193. The Labute approximate surface area is 139 Å². The number of carbonyl (C=O) groups excluding carboxylic acids is 2. The van der Waals surface area contributed by atoms with Gasteiger partial charge in [0.15, 0.2) is 5.69 Å². The molecule has 0 fully saturated rings. The first-order valence-corrected chi connectivity index (χ1v) is 7.48. The van der Waals surface area contributed by atoms with E-state index in [2.05, 4.69) is 15.6 Å². The molecule has 0 saturated heterocycles. The van der Waals surface area contributed by atoms with E-state index >= 15 is 0 Å². The number of nitrogens with zero attached hydrogens (tertiary/aromatic N) is 4. The van der Waals surface area contributed by atoms with E-state index in [0.29, 0.717) is 5.69 Å². The van der Waals surface area contributed by atoms with E-state index in [4.69, 9.17) is 0 Å². The van der Waals surface area contributed by atoms with Gasteiger partial charge in [-0.3, -0.25) is 9.59 Å². The minimum Gasteiger partial charge on any atom is -0.350 e. The number of aromatic nitrogens is 3. The molecule has 0 aliphatic carbocycles. The summed E-state index contributed by atoms with van der Waals surface area (Å²) in [6, 6.07) is 4.74. The van der Waals surface area contributed by atoms with Crippen LogP contribution in [-0.2, 0) is 4.79 Å². The molecule has 128 valence electrons. The third-order valence-corrected chi connectivity index (χ3v) is 3.56. The monoisotopic (exact) mass is 333 g/mol. The minimum atomic E-state index is -0.446. The number of hydrogen-bond acceptors (Lipinski definition) is 4. The summed E-state index contributed by atoms with van der Waals surface area (Å²) in [4.78, 5) is 25.1. The summed E-state index contributed by atoms with van der Waals surface area (Å²) < 4.78 is 15.3. The average molecular weight is 333 g/mol. The zero-order chi connectivity index (χ0) is 17.9. The second-order valence-corrected chi connectivity index (χ2v) is 5.68. The molecule has 0 unspecified atom stereocenters. The lowest BCUT2D eigenvalue weighted by atomic mass is 10.2. The van der Waals surface area contributed by atoms with Crippen molar-refractivity contribution < 1.29 is 14.0 Å². The standard InChI is InChI=1S/C16H20FN5O2/c1-10-5-6-13(12(17)9-10)22-11(2)15(19-20-22)16(24)18-8-7-14(23)21(3)4/h5-6,9H,7-8H2,1-4H3,(H,18,24). The van der Waals surface area contributed by atoms with Gasteiger partial charge in [0.05, 0.1) is 5.69 Å². The largest absolute Gasteiger partial charge is 0.350 e. The third kappa shape index (κ3) is 3.76. The molecule has 0 spiro atoms. The zero-order valence-electron chi connectivity index (χ0n) is 14.1. The van der Waals surface area contributed by atoms with Gasteiger partial charge in [-0.25, -0.2) is 9.07 Å². The van der Waals surface area contributed by atoms with Crippen LogP contribution in [0.3, 0.4) is 0 Å². The van der Waals surface area contributed by atoms with Gasteiger partial charge in [-0.1, -0.05) is 11.3 Å². The van der Waals surface area contributed by atoms with Gasteiger partial charge in [0, 0.05) is 27.1 Å². The third-order valence-electron chi connectivity index (χ3n) is 3.56. The lowest BCUT2D eigenvalue weighted by Gasteiger charge is -2.10. The van der Waals surface area contributed by atoms with E-state index in [9.17, 15) is 14.0 Å². The number of benzene rings is 1. The van der Waals surface area contributed by atoms with Crippen LogP contribution in [0.25, 0.3) is 5.69 Å². The number of nitrogens with one attached hydrogen (secondary N) is 1. The van der Waals surface area contributed by atoms with Gasteiger partial charge in [0.25, 0.3) is 5.91 Å². The van der Waals surface area contributed by atoms with Crippen molar-refractivity contribution in [2.24, 2.45) is 0 Å². The predicted molar refractivity (Wildman–Crippen MR) is 86.4 cm³/mol. The normalized spacial score (nSPS) is 10.5. The first-order chi connectivity index (χ1) is 11.3. The molecule has 24 heavy (non-hydrogen) atoms. The van der Waals surface area contributed by atoms with E-state index in [-0.39, 0.29) is 30.3 Å². The summed E-state index contributed by atoms with van der Waals surface area (Å²) >= 11 is 0. The quantitative estimate of drug-likeness (QED) is 0.892. The van der Waals surface area contributed by atoms with Crippen LogP contribution < -0.4 is 5.32 Å². The Kier molecular flexibility index (Phi) is 5.28. The first-order valence-electron chi connectivity index (χ1n) is 7.48. The Bertz CT molecular complexity index is 770. The van der Waals surface area contributed by atoms with Crippen LogP contribution in [0.15, 0.2) is 18.2 Å². The highest BCUT2D eigenvalue weighted by atomic mass is 19.1. The predicted octanol–water partition coefficient (Wildman–Crippen LogP) is 1.23. The second kappa shape index (κ2) is 7.20. The van der Waals surface area contributed by atoms with E-state index in [1.54, 1.807) is 40.1 Å². The molecule has 1 N–H and O–H groups in total. The maximum atomic E-state index is 14.1. The van der Waals surface area contributed by atoms with Gasteiger partial charge in [-0.2, -0.15) is 0 Å². The van der Waals surface area contributed by atoms with E-state index in [1.807, 2.05) is 0 Å². The van der Waals surface area contributed by atoms with Crippen LogP contribution in [0, 0.1) is 19.7 Å². The topological polar surface area (TPSA) is 80.1 Å². The smallest absolute Gasteiger partial charge is 0.273 e. The maximum absolute atomic E-state index is 14.1. The Hall–Kier alpha value is -2.77. The van der Waals surface area contributed by atoms with Gasteiger partial charge in [-0.05, 0) is 31.5 Å². The Morgan fingerprint density at radius 1 is 1.29 bits per heavy atom. The Morgan fingerprint density at radius 3 is 2.62 bits per heavy atom. The zero-order valence-corrected chi connectivity index (χ0v) is 14.1. The molecule has 1 aromatic heterocycles. The Morgan fingerprint density at radius 2 is 2.00 bits per heavy atom. The van der Waals surface area contributed by atoms with Crippen molar-refractivity contribution in [3.8, 4) is 5.69 Å². The molecule has 0 saturated carbocycles. The minimum absolute atomic E-state index is 0.0857. The molecular weight excluding hydrogens is 313 g/mol. The van der Waals surface area contributed by atoms with Gasteiger partial charge in [-0.15, -0.1) is 5.10 Å². The molecule has 0 bridgehead atoms. The fourth-order valence-electron chi connectivity index (χ4n) is 2.14. The fourth-order valence-corrected chi connectivity index (χ4v) is 2.14. The number of amides is 2. The van der Waals surface area contributed by atoms with Crippen molar-refractivity contribution in [3.63, 3.8) is 0 Å². The molecule has 1 heterocycles. The van der Waals surface area contributed by atoms with Gasteiger partial charge < -0.3 is 10.2 Å². The molecule has 8 heteroatoms. The highest BCUT2D eigenvalue weighted by molar-refractivity contribution is 5.93. The average Bonchev–Trinajstić information content (AvgIpc) is 2.88. The highest BCUT2D eigenvalue weighted by Crippen LogP contribution is 2.17. The lowest BCUT2D eigenvalue weighted by molar-refractivity contribution is -0.128. The first kappa shape index (κ1) is 17.6. The molecule has 2 aromatic rings. The summed E-state index contributed by atoms with van der Waals surface area (Å²) in [5, 5.41) is 10.3. The molecule has 0 atom stereocenters. The van der Waals surface area contributed by atoms with Crippen LogP contribution in [0.5, 0.6) is 0 Å². The SMILES string of the molecule is Cc1ccc(-n2nnc(C(=O)NCCC(=O)N(C)C)c2C)c(F)c1. The van der Waals surface area contributed by atoms with Crippen molar-refractivity contribution in [2.75, 3.05) is 20.6 Å². The number of halogens is 1. The lowest BCUT2D eigenvalue weighted by Crippen LogP contribution is -2.30. The molecule has 7 nitrogen and oxygen atoms in total. The van der Waals surface area contributed by atoms with Crippen molar-refractivity contribution in [1.29, 1.82) is 0 Å². The van der Waals surface area contributed by atoms with Gasteiger partial charge in [0.2, 0.25) is 5.91 Å². The van der Waals surface area contributed by atoms with Crippen LogP contribution >= 0.6 is 0 Å². The van der Waals surface area contributed by atoms with Crippen LogP contribution in [0.4, 0.5) is 4.39 Å². The van der Waals surface area contributed by atoms with Crippen molar-refractivity contribution >= 4 is 11.8 Å². The van der Waals surface area contributed by atoms with Crippen molar-refractivity contribution in [1.82, 2.24) is 25.2 Å². The van der Waals surface area contributed by atoms with Crippen molar-refractivity contribution in [2.45, 2.75) is 20.3 Å². The van der Waals surface area contributed by atoms with Crippen LogP contribution in [0.1, 0.15) is 28.2 Å². The molecule has 0 aliphatic rings. The van der Waals surface area contributed by atoms with E-state index in [0.717, 1.165) is 5.56 Å². The van der Waals surface area contributed by atoms with Gasteiger partial charge in [0.1, 0.15) is 11.5 Å². The second-order valence-electron chi connectivity index (χ2n) is 5.68. The van der Waals surface area contributed by atoms with Crippen LogP contribution in [0.2, 0.25) is 0 Å². The van der Waals surface area contributed by atoms with E-state index < -0.39 is 11.7 Å². The number of aryl methyl sites for hydroxylation is 1. The Balaban J connectivity index is 2.12. The number of carbonyl (C=O) groups is 2. The maximum Gasteiger partial charge on any atom is 0.273 e. The fraction of sp³-hybridized carbons (Fsp3) is 0.375. The van der Waals surface area contributed by atoms with E-state index in [1.165, 1.54) is 15.6 Å². The molecular formula is C16H20FN5O2. The summed E-state index contributed by atoms with van der Waals surface area (Å²) in [5.74, 6) is -0.971. The molecule has 1 aromatic carbocycles. The van der Waals surface area contributed by atoms with Crippen LogP contribution in [-0.4, -0.2) is 52.3 Å². The highest BCUT2D eigenvalue weighted by Gasteiger charge is 2.19. The summed E-state index contributed by atoms with van der Waals surface area (Å²) in [5.41, 5.74) is 1.55. The molecule has 2 amide bonds. The summed E-state index contributed by atoms with van der Waals surface area (Å²) in [7, 11) is 3.30. The molecule has 0 radical (unpaired) electrons.